The molecule has 0 heterocycles. The lowest BCUT2D eigenvalue weighted by atomic mass is 9.90. The molecule has 3 nitrogen and oxygen atoms in total. The van der Waals surface area contributed by atoms with E-state index in [1.54, 1.807) is 12.1 Å². The van der Waals surface area contributed by atoms with Gasteiger partial charge in [0.1, 0.15) is 0 Å². The van der Waals surface area contributed by atoms with Crippen molar-refractivity contribution in [2.45, 2.75) is 45.6 Å². The number of benzene rings is 1. The van der Waals surface area contributed by atoms with E-state index >= 15 is 0 Å². The van der Waals surface area contributed by atoms with Crippen LogP contribution in [0.2, 0.25) is 0 Å². The van der Waals surface area contributed by atoms with E-state index in [4.69, 9.17) is 9.84 Å². The predicted molar refractivity (Wildman–Crippen MR) is 74.4 cm³/mol. The molecule has 1 aliphatic rings. The van der Waals surface area contributed by atoms with Gasteiger partial charge in [-0.05, 0) is 48.9 Å². The molecule has 1 N–H and O–H groups in total. The number of carbonyl (C=O) groups is 1. The van der Waals surface area contributed by atoms with Crippen LogP contribution >= 0.6 is 0 Å². The lowest BCUT2D eigenvalue weighted by Gasteiger charge is -2.21. The number of rotatable bonds is 5. The lowest BCUT2D eigenvalue weighted by molar-refractivity contribution is 0.0694. The summed E-state index contributed by atoms with van der Waals surface area (Å²) in [6.07, 6.45) is 6.61. The maximum Gasteiger partial charge on any atom is 0.335 e. The average Bonchev–Trinajstić information content (AvgIpc) is 2.41. The molecule has 0 aliphatic heterocycles. The summed E-state index contributed by atoms with van der Waals surface area (Å²) in [6, 6.07) is 5.22. The highest BCUT2D eigenvalue weighted by Crippen LogP contribution is 2.24. The van der Waals surface area contributed by atoms with E-state index < -0.39 is 5.97 Å². The molecule has 104 valence electrons. The van der Waals surface area contributed by atoms with Crippen LogP contribution in [0.25, 0.3) is 0 Å². The molecule has 0 amide bonds. The predicted octanol–water partition coefficient (Wildman–Crippen LogP) is 3.79. The first-order valence-corrected chi connectivity index (χ1v) is 7.07. The van der Waals surface area contributed by atoms with E-state index in [0.29, 0.717) is 18.1 Å². The molecule has 1 saturated carbocycles. The molecular weight excluding hydrogens is 240 g/mol. The maximum atomic E-state index is 10.9. The Bertz CT molecular complexity index is 434. The van der Waals surface area contributed by atoms with Crippen molar-refractivity contribution in [2.75, 3.05) is 6.61 Å². The van der Waals surface area contributed by atoms with Gasteiger partial charge >= 0.3 is 5.97 Å². The van der Waals surface area contributed by atoms with Gasteiger partial charge in [0.25, 0.3) is 0 Å². The van der Waals surface area contributed by atoms with Gasteiger partial charge in [0.05, 0.1) is 12.2 Å². The topological polar surface area (TPSA) is 46.5 Å². The fourth-order valence-electron chi connectivity index (χ4n) is 2.68. The molecule has 1 fully saturated rings. The Morgan fingerprint density at radius 1 is 1.32 bits per heavy atom. The number of carboxylic acid groups (broad SMARTS) is 1. The monoisotopic (exact) mass is 262 g/mol. The van der Waals surface area contributed by atoms with Gasteiger partial charge in [-0.1, -0.05) is 25.3 Å². The fraction of sp³-hybridized carbons (Fsp3) is 0.562. The number of ether oxygens (including phenoxy) is 1. The zero-order valence-corrected chi connectivity index (χ0v) is 11.5. The van der Waals surface area contributed by atoms with Gasteiger partial charge < -0.3 is 9.84 Å². The van der Waals surface area contributed by atoms with Crippen LogP contribution in [0.15, 0.2) is 18.2 Å². The minimum atomic E-state index is -0.877. The van der Waals surface area contributed by atoms with Gasteiger partial charge in [-0.2, -0.15) is 0 Å². The van der Waals surface area contributed by atoms with Gasteiger partial charge in [0, 0.05) is 6.61 Å². The first-order chi connectivity index (χ1) is 9.16. The van der Waals surface area contributed by atoms with Crippen LogP contribution in [-0.2, 0) is 11.3 Å². The highest BCUT2D eigenvalue weighted by molar-refractivity contribution is 5.87. The van der Waals surface area contributed by atoms with E-state index in [9.17, 15) is 4.79 Å². The molecule has 0 saturated heterocycles. The number of hydrogen-bond acceptors (Lipinski definition) is 2. The minimum Gasteiger partial charge on any atom is -0.478 e. The number of carboxylic acids is 1. The van der Waals surface area contributed by atoms with Crippen molar-refractivity contribution in [3.63, 3.8) is 0 Å². The van der Waals surface area contributed by atoms with Crippen molar-refractivity contribution in [3.8, 4) is 0 Å². The molecule has 2 rings (SSSR count). The van der Waals surface area contributed by atoms with Gasteiger partial charge in [-0.25, -0.2) is 4.79 Å². The molecule has 0 atom stereocenters. The maximum absolute atomic E-state index is 10.9. The van der Waals surface area contributed by atoms with Crippen molar-refractivity contribution in [3.05, 3.63) is 34.9 Å². The van der Waals surface area contributed by atoms with Crippen LogP contribution in [-0.4, -0.2) is 17.7 Å². The molecule has 0 spiro atoms. The van der Waals surface area contributed by atoms with Crippen LogP contribution < -0.4 is 0 Å². The van der Waals surface area contributed by atoms with Crippen LogP contribution in [0.4, 0.5) is 0 Å². The van der Waals surface area contributed by atoms with Gasteiger partial charge in [0.15, 0.2) is 0 Å². The zero-order valence-electron chi connectivity index (χ0n) is 11.5. The molecule has 1 aliphatic carbocycles. The molecule has 0 radical (unpaired) electrons. The smallest absolute Gasteiger partial charge is 0.335 e. The third-order valence-corrected chi connectivity index (χ3v) is 3.93. The molecular formula is C16H22O3. The summed E-state index contributed by atoms with van der Waals surface area (Å²) in [5.74, 6) is -0.162. The largest absolute Gasteiger partial charge is 0.478 e. The van der Waals surface area contributed by atoms with E-state index in [1.165, 1.54) is 32.1 Å². The first kappa shape index (κ1) is 14.1. The average molecular weight is 262 g/mol. The van der Waals surface area contributed by atoms with Crippen molar-refractivity contribution in [1.29, 1.82) is 0 Å². The lowest BCUT2D eigenvalue weighted by Crippen LogP contribution is -2.13. The summed E-state index contributed by atoms with van der Waals surface area (Å²) in [5, 5.41) is 8.92. The fourth-order valence-corrected chi connectivity index (χ4v) is 2.68. The van der Waals surface area contributed by atoms with Gasteiger partial charge in [0.2, 0.25) is 0 Å². The Balaban J connectivity index is 1.83. The minimum absolute atomic E-state index is 0.341. The Morgan fingerprint density at radius 3 is 2.68 bits per heavy atom. The first-order valence-electron chi connectivity index (χ1n) is 7.07. The third kappa shape index (κ3) is 4.06. The molecule has 0 bridgehead atoms. The van der Waals surface area contributed by atoms with Gasteiger partial charge in [-0.15, -0.1) is 0 Å². The second-order valence-electron chi connectivity index (χ2n) is 5.47. The summed E-state index contributed by atoms with van der Waals surface area (Å²) < 4.78 is 5.79. The van der Waals surface area contributed by atoms with Crippen LogP contribution in [0, 0.1) is 12.8 Å². The SMILES string of the molecule is Cc1cc(C(=O)O)ccc1COCC1CCCCC1. The summed E-state index contributed by atoms with van der Waals surface area (Å²) >= 11 is 0. The Kier molecular flexibility index (Phi) is 4.97. The Hall–Kier alpha value is -1.35. The van der Waals surface area contributed by atoms with Crippen LogP contribution in [0.1, 0.15) is 53.6 Å². The standard InChI is InChI=1S/C16H22O3/c1-12-9-14(16(17)18)7-8-15(12)11-19-10-13-5-3-2-4-6-13/h7-9,13H,2-6,10-11H2,1H3,(H,17,18). The molecule has 1 aromatic rings. The van der Waals surface area contributed by atoms with Crippen LogP contribution in [0.3, 0.4) is 0 Å². The summed E-state index contributed by atoms with van der Waals surface area (Å²) in [5.41, 5.74) is 2.41. The van der Waals surface area contributed by atoms with E-state index in [1.807, 2.05) is 13.0 Å². The highest BCUT2D eigenvalue weighted by atomic mass is 16.5. The second kappa shape index (κ2) is 6.71. The molecule has 0 unspecified atom stereocenters. The van der Waals surface area contributed by atoms with Crippen molar-refractivity contribution < 1.29 is 14.6 Å². The quantitative estimate of drug-likeness (QED) is 0.878. The second-order valence-corrected chi connectivity index (χ2v) is 5.47. The van der Waals surface area contributed by atoms with E-state index in [-0.39, 0.29) is 0 Å². The molecule has 1 aromatic carbocycles. The van der Waals surface area contributed by atoms with E-state index in [0.717, 1.165) is 17.7 Å². The normalized spacial score (nSPS) is 16.5. The van der Waals surface area contributed by atoms with Crippen molar-refractivity contribution in [1.82, 2.24) is 0 Å². The Labute approximate surface area is 114 Å². The van der Waals surface area contributed by atoms with Crippen molar-refractivity contribution in [2.24, 2.45) is 5.92 Å². The number of aryl methyl sites for hydroxylation is 1. The zero-order chi connectivity index (χ0) is 13.7. The molecule has 19 heavy (non-hydrogen) atoms. The number of aromatic carboxylic acids is 1. The molecule has 0 aromatic heterocycles. The molecule has 3 heteroatoms. The van der Waals surface area contributed by atoms with Crippen LogP contribution in [0.5, 0.6) is 0 Å². The Morgan fingerprint density at radius 2 is 2.05 bits per heavy atom. The summed E-state index contributed by atoms with van der Waals surface area (Å²) in [6.45, 7) is 3.36. The number of hydrogen-bond donors (Lipinski definition) is 1. The summed E-state index contributed by atoms with van der Waals surface area (Å²) in [7, 11) is 0. The highest BCUT2D eigenvalue weighted by Gasteiger charge is 2.13. The van der Waals surface area contributed by atoms with Crippen molar-refractivity contribution >= 4 is 5.97 Å². The van der Waals surface area contributed by atoms with Gasteiger partial charge in [-0.3, -0.25) is 0 Å². The third-order valence-electron chi connectivity index (χ3n) is 3.93. The summed E-state index contributed by atoms with van der Waals surface area (Å²) in [4.78, 5) is 10.9. The van der Waals surface area contributed by atoms with E-state index in [2.05, 4.69) is 0 Å².